The number of rotatable bonds is 6. The van der Waals surface area contributed by atoms with E-state index in [1.807, 2.05) is 55.5 Å². The summed E-state index contributed by atoms with van der Waals surface area (Å²) < 4.78 is 16.9. The predicted octanol–water partition coefficient (Wildman–Crippen LogP) is 4.64. The average Bonchev–Trinajstić information content (AvgIpc) is 2.80. The van der Waals surface area contributed by atoms with Crippen molar-refractivity contribution < 1.29 is 19.0 Å². The van der Waals surface area contributed by atoms with E-state index < -0.39 is 0 Å². The minimum absolute atomic E-state index is 0.0882. The van der Waals surface area contributed by atoms with Crippen molar-refractivity contribution in [2.24, 2.45) is 0 Å². The Morgan fingerprint density at radius 2 is 2.04 bits per heavy atom. The fourth-order valence-corrected chi connectivity index (χ4v) is 3.09. The summed E-state index contributed by atoms with van der Waals surface area (Å²) in [4.78, 5) is 12.0. The summed E-state index contributed by atoms with van der Waals surface area (Å²) in [6.07, 6.45) is 1.01. The summed E-state index contributed by atoms with van der Waals surface area (Å²) in [7, 11) is 0. The Morgan fingerprint density at radius 3 is 2.81 bits per heavy atom. The third-order valence-corrected chi connectivity index (χ3v) is 4.46. The van der Waals surface area contributed by atoms with Crippen LogP contribution in [-0.4, -0.2) is 19.2 Å². The van der Waals surface area contributed by atoms with Gasteiger partial charge in [0.1, 0.15) is 18.1 Å². The first-order valence-electron chi connectivity index (χ1n) is 8.94. The molecule has 2 aromatic rings. The zero-order chi connectivity index (χ0) is 18.4. The number of fused-ring (bicyclic) bond motifs is 1. The lowest BCUT2D eigenvalue weighted by atomic mass is 9.87. The van der Waals surface area contributed by atoms with Crippen molar-refractivity contribution in [3.8, 4) is 11.5 Å². The van der Waals surface area contributed by atoms with Gasteiger partial charge in [0.2, 0.25) is 0 Å². The van der Waals surface area contributed by atoms with Gasteiger partial charge in [0, 0.05) is 24.0 Å². The summed E-state index contributed by atoms with van der Waals surface area (Å²) in [5.74, 6) is 1.20. The quantitative estimate of drug-likeness (QED) is 0.561. The number of hydrogen-bond acceptors (Lipinski definition) is 4. The highest BCUT2D eigenvalue weighted by Gasteiger charge is 2.26. The van der Waals surface area contributed by atoms with Crippen LogP contribution >= 0.6 is 0 Å². The van der Waals surface area contributed by atoms with Gasteiger partial charge in [0.25, 0.3) is 0 Å². The fourth-order valence-electron chi connectivity index (χ4n) is 3.09. The van der Waals surface area contributed by atoms with Gasteiger partial charge in [-0.15, -0.1) is 0 Å². The Bertz CT molecular complexity index is 767. The predicted molar refractivity (Wildman–Crippen MR) is 100 cm³/mol. The lowest BCUT2D eigenvalue weighted by molar-refractivity contribution is -0.143. The largest absolute Gasteiger partial charge is 0.493 e. The van der Waals surface area contributed by atoms with E-state index in [4.69, 9.17) is 14.2 Å². The Kier molecular flexibility index (Phi) is 5.95. The number of benzene rings is 2. The molecular weight excluding hydrogens is 328 g/mol. The van der Waals surface area contributed by atoms with E-state index in [1.165, 1.54) is 0 Å². The van der Waals surface area contributed by atoms with Crippen molar-refractivity contribution in [2.45, 2.75) is 32.3 Å². The van der Waals surface area contributed by atoms with Crippen molar-refractivity contribution in [2.75, 3.05) is 13.2 Å². The van der Waals surface area contributed by atoms with E-state index in [-0.39, 0.29) is 18.3 Å². The van der Waals surface area contributed by atoms with Crippen LogP contribution in [0.25, 0.3) is 0 Å². The van der Waals surface area contributed by atoms with Crippen molar-refractivity contribution in [1.82, 2.24) is 0 Å². The standard InChI is InChI=1S/C22H24O4/c1-3-24-22(23)14-20-16(2)11-12-25-21-13-18(9-10-19(20)21)26-15-17-7-5-4-6-8-17/h4-10,13,20H,2-3,11-12,14-15H2,1H3. The van der Waals surface area contributed by atoms with Crippen molar-refractivity contribution in [3.05, 3.63) is 71.8 Å². The van der Waals surface area contributed by atoms with Crippen LogP contribution in [0.2, 0.25) is 0 Å². The molecule has 136 valence electrons. The Labute approximate surface area is 154 Å². The van der Waals surface area contributed by atoms with Gasteiger partial charge in [-0.3, -0.25) is 4.79 Å². The summed E-state index contributed by atoms with van der Waals surface area (Å²) in [5.41, 5.74) is 3.07. The molecule has 0 spiro atoms. The molecule has 0 saturated carbocycles. The van der Waals surface area contributed by atoms with Gasteiger partial charge >= 0.3 is 5.97 Å². The number of carbonyl (C=O) groups excluding carboxylic acids is 1. The molecule has 0 saturated heterocycles. The third-order valence-electron chi connectivity index (χ3n) is 4.46. The first-order valence-corrected chi connectivity index (χ1v) is 8.94. The fraction of sp³-hybridized carbons (Fsp3) is 0.318. The zero-order valence-electron chi connectivity index (χ0n) is 15.1. The van der Waals surface area contributed by atoms with Crippen molar-refractivity contribution in [3.63, 3.8) is 0 Å². The van der Waals surface area contributed by atoms with Crippen LogP contribution in [0.1, 0.15) is 36.8 Å². The van der Waals surface area contributed by atoms with Gasteiger partial charge in [-0.05, 0) is 18.6 Å². The van der Waals surface area contributed by atoms with Gasteiger partial charge in [0.05, 0.1) is 19.6 Å². The molecule has 0 radical (unpaired) electrons. The monoisotopic (exact) mass is 352 g/mol. The first kappa shape index (κ1) is 18.1. The van der Waals surface area contributed by atoms with Crippen molar-refractivity contribution >= 4 is 5.97 Å². The number of ether oxygens (including phenoxy) is 3. The maximum Gasteiger partial charge on any atom is 0.306 e. The molecule has 0 aromatic heterocycles. The van der Waals surface area contributed by atoms with E-state index in [1.54, 1.807) is 0 Å². The van der Waals surface area contributed by atoms with E-state index in [0.29, 0.717) is 19.8 Å². The lowest BCUT2D eigenvalue weighted by Crippen LogP contribution is -2.11. The smallest absolute Gasteiger partial charge is 0.306 e. The maximum absolute atomic E-state index is 12.0. The molecule has 26 heavy (non-hydrogen) atoms. The number of carbonyl (C=O) groups is 1. The molecule has 0 amide bonds. The Balaban J connectivity index is 1.77. The minimum atomic E-state index is -0.212. The second kappa shape index (κ2) is 8.56. The highest BCUT2D eigenvalue weighted by Crippen LogP contribution is 2.40. The number of hydrogen-bond donors (Lipinski definition) is 0. The normalized spacial score (nSPS) is 16.2. The van der Waals surface area contributed by atoms with Gasteiger partial charge in [-0.25, -0.2) is 0 Å². The minimum Gasteiger partial charge on any atom is -0.493 e. The highest BCUT2D eigenvalue weighted by molar-refractivity contribution is 5.71. The summed E-state index contributed by atoms with van der Waals surface area (Å²) in [5, 5.41) is 0. The first-order chi connectivity index (χ1) is 12.7. The number of esters is 1. The molecule has 3 rings (SSSR count). The van der Waals surface area contributed by atoms with Gasteiger partial charge in [0.15, 0.2) is 0 Å². The molecule has 2 aromatic carbocycles. The molecule has 1 unspecified atom stereocenters. The molecule has 4 heteroatoms. The molecule has 1 atom stereocenters. The molecule has 4 nitrogen and oxygen atoms in total. The van der Waals surface area contributed by atoms with E-state index >= 15 is 0 Å². The van der Waals surface area contributed by atoms with Crippen LogP contribution in [0, 0.1) is 0 Å². The zero-order valence-corrected chi connectivity index (χ0v) is 15.1. The highest BCUT2D eigenvalue weighted by atomic mass is 16.5. The van der Waals surface area contributed by atoms with E-state index in [2.05, 4.69) is 6.58 Å². The molecule has 1 aliphatic rings. The van der Waals surface area contributed by atoms with Gasteiger partial charge in [-0.1, -0.05) is 48.6 Å². The Morgan fingerprint density at radius 1 is 1.23 bits per heavy atom. The Hall–Kier alpha value is -2.75. The van der Waals surface area contributed by atoms with Gasteiger partial charge in [-0.2, -0.15) is 0 Å². The molecular formula is C22H24O4. The topological polar surface area (TPSA) is 44.8 Å². The summed E-state index contributed by atoms with van der Waals surface area (Å²) in [6.45, 7) is 7.39. The van der Waals surface area contributed by atoms with Gasteiger partial charge < -0.3 is 14.2 Å². The van der Waals surface area contributed by atoms with E-state index in [9.17, 15) is 4.79 Å². The molecule has 0 aliphatic carbocycles. The maximum atomic E-state index is 12.0. The summed E-state index contributed by atoms with van der Waals surface area (Å²) >= 11 is 0. The molecule has 0 bridgehead atoms. The molecule has 1 heterocycles. The van der Waals surface area contributed by atoms with Crippen LogP contribution in [0.5, 0.6) is 11.5 Å². The van der Waals surface area contributed by atoms with Crippen LogP contribution < -0.4 is 9.47 Å². The second-order valence-corrected chi connectivity index (χ2v) is 6.29. The van der Waals surface area contributed by atoms with Crippen LogP contribution in [-0.2, 0) is 16.1 Å². The van der Waals surface area contributed by atoms with E-state index in [0.717, 1.165) is 34.6 Å². The van der Waals surface area contributed by atoms with Crippen LogP contribution in [0.4, 0.5) is 0 Å². The summed E-state index contributed by atoms with van der Waals surface area (Å²) in [6, 6.07) is 15.8. The lowest BCUT2D eigenvalue weighted by Gasteiger charge is -2.18. The molecule has 0 N–H and O–H groups in total. The van der Waals surface area contributed by atoms with Crippen LogP contribution in [0.15, 0.2) is 60.7 Å². The van der Waals surface area contributed by atoms with Crippen molar-refractivity contribution in [1.29, 1.82) is 0 Å². The third kappa shape index (κ3) is 4.45. The van der Waals surface area contributed by atoms with Crippen LogP contribution in [0.3, 0.4) is 0 Å². The average molecular weight is 352 g/mol. The molecule has 0 fully saturated rings. The SMILES string of the molecule is C=C1CCOc2cc(OCc3ccccc3)ccc2C1CC(=O)OCC. The molecule has 1 aliphatic heterocycles. The second-order valence-electron chi connectivity index (χ2n) is 6.29.